The average molecular weight is 419 g/mol. The Bertz CT molecular complexity index is 796. The third-order valence-corrected chi connectivity index (χ3v) is 6.40. The molecule has 0 N–H and O–H groups in total. The van der Waals surface area contributed by atoms with Crippen molar-refractivity contribution in [2.24, 2.45) is 0 Å². The Balaban J connectivity index is 1.98. The van der Waals surface area contributed by atoms with Crippen molar-refractivity contribution >= 4 is 23.5 Å². The number of carbonyl (C=O) groups is 1. The molecule has 0 unspecified atom stereocenters. The zero-order valence-electron chi connectivity index (χ0n) is 17.8. The highest BCUT2D eigenvalue weighted by Gasteiger charge is 2.33. The first-order valence-electron chi connectivity index (χ1n) is 10.2. The van der Waals surface area contributed by atoms with Crippen LogP contribution in [0.15, 0.2) is 5.03 Å². The van der Waals surface area contributed by atoms with Gasteiger partial charge in [0, 0.05) is 38.2 Å². The van der Waals surface area contributed by atoms with Gasteiger partial charge in [-0.1, -0.05) is 11.8 Å². The fourth-order valence-electron chi connectivity index (χ4n) is 3.78. The summed E-state index contributed by atoms with van der Waals surface area (Å²) in [5.74, 6) is 1.22. The SMILES string of the molecule is CCN(CC)C(=O)CSc1nc(N2CCOCC2)c2c(c1C#N)CC(C)(C)OC2. The molecule has 29 heavy (non-hydrogen) atoms. The standard InChI is InChI=1S/C21H30N4O3S/c1-5-24(6-2)18(26)14-29-20-16(12-22)15-11-21(3,4)28-13-17(15)19(23-20)25-7-9-27-10-8-25/h5-11,13-14H2,1-4H3. The lowest BCUT2D eigenvalue weighted by Gasteiger charge is -2.37. The Labute approximate surface area is 177 Å². The van der Waals surface area contributed by atoms with Crippen LogP contribution in [0.2, 0.25) is 0 Å². The van der Waals surface area contributed by atoms with E-state index >= 15 is 0 Å². The second-order valence-corrected chi connectivity index (χ2v) is 8.83. The molecular weight excluding hydrogens is 388 g/mol. The van der Waals surface area contributed by atoms with Crippen molar-refractivity contribution in [3.63, 3.8) is 0 Å². The lowest BCUT2D eigenvalue weighted by Crippen LogP contribution is -2.40. The number of pyridine rings is 1. The molecule has 3 rings (SSSR count). The van der Waals surface area contributed by atoms with Crippen molar-refractivity contribution in [1.82, 2.24) is 9.88 Å². The molecule has 8 heteroatoms. The van der Waals surface area contributed by atoms with E-state index < -0.39 is 0 Å². The molecule has 0 aliphatic carbocycles. The molecule has 0 atom stereocenters. The number of carbonyl (C=O) groups excluding carboxylic acids is 1. The molecular formula is C21H30N4O3S. The van der Waals surface area contributed by atoms with Crippen molar-refractivity contribution in [3.8, 4) is 6.07 Å². The van der Waals surface area contributed by atoms with E-state index in [-0.39, 0.29) is 17.3 Å². The van der Waals surface area contributed by atoms with E-state index in [1.807, 2.05) is 27.7 Å². The van der Waals surface area contributed by atoms with Crippen molar-refractivity contribution in [2.75, 3.05) is 50.0 Å². The van der Waals surface area contributed by atoms with Gasteiger partial charge in [-0.15, -0.1) is 0 Å². The fourth-order valence-corrected chi connectivity index (χ4v) is 4.69. The molecule has 1 amide bonds. The van der Waals surface area contributed by atoms with Crippen LogP contribution in [0.1, 0.15) is 44.4 Å². The highest BCUT2D eigenvalue weighted by Crippen LogP contribution is 2.38. The van der Waals surface area contributed by atoms with Gasteiger partial charge in [0.15, 0.2) is 0 Å². The molecule has 0 radical (unpaired) electrons. The molecule has 2 aliphatic rings. The highest BCUT2D eigenvalue weighted by molar-refractivity contribution is 8.00. The van der Waals surface area contributed by atoms with Crippen LogP contribution in [0.3, 0.4) is 0 Å². The van der Waals surface area contributed by atoms with Crippen LogP contribution in [-0.4, -0.2) is 66.5 Å². The van der Waals surface area contributed by atoms with Gasteiger partial charge in [-0.25, -0.2) is 4.98 Å². The number of rotatable bonds is 6. The van der Waals surface area contributed by atoms with E-state index in [0.717, 1.165) is 30.0 Å². The number of hydrogen-bond acceptors (Lipinski definition) is 7. The molecule has 1 saturated heterocycles. The zero-order chi connectivity index (χ0) is 21.0. The van der Waals surface area contributed by atoms with Gasteiger partial charge in [0.05, 0.1) is 36.7 Å². The number of nitriles is 1. The maximum atomic E-state index is 12.5. The van der Waals surface area contributed by atoms with Crippen LogP contribution in [-0.2, 0) is 27.3 Å². The summed E-state index contributed by atoms with van der Waals surface area (Å²) in [7, 11) is 0. The van der Waals surface area contributed by atoms with Crippen LogP contribution < -0.4 is 4.90 Å². The Morgan fingerprint density at radius 2 is 1.97 bits per heavy atom. The molecule has 2 aliphatic heterocycles. The minimum atomic E-state index is -0.332. The van der Waals surface area contributed by atoms with Gasteiger partial charge < -0.3 is 19.3 Å². The summed E-state index contributed by atoms with van der Waals surface area (Å²) in [6, 6.07) is 2.37. The summed E-state index contributed by atoms with van der Waals surface area (Å²) in [5, 5.41) is 10.6. The highest BCUT2D eigenvalue weighted by atomic mass is 32.2. The summed E-state index contributed by atoms with van der Waals surface area (Å²) in [5.41, 5.74) is 2.27. The van der Waals surface area contributed by atoms with Crippen molar-refractivity contribution < 1.29 is 14.3 Å². The van der Waals surface area contributed by atoms with Crippen LogP contribution in [0.4, 0.5) is 5.82 Å². The number of morpholine rings is 1. The van der Waals surface area contributed by atoms with Gasteiger partial charge in [0.2, 0.25) is 5.91 Å². The quantitative estimate of drug-likeness (QED) is 0.657. The predicted molar refractivity (Wildman–Crippen MR) is 113 cm³/mol. The summed E-state index contributed by atoms with van der Waals surface area (Å²) in [4.78, 5) is 21.4. The molecule has 1 aromatic rings. The van der Waals surface area contributed by atoms with Crippen LogP contribution in [0.25, 0.3) is 0 Å². The first kappa shape index (κ1) is 21.9. The number of aromatic nitrogens is 1. The Morgan fingerprint density at radius 3 is 2.59 bits per heavy atom. The van der Waals surface area contributed by atoms with Gasteiger partial charge in [-0.2, -0.15) is 5.26 Å². The number of thioether (sulfide) groups is 1. The number of fused-ring (bicyclic) bond motifs is 1. The number of anilines is 1. The molecule has 1 fully saturated rings. The Morgan fingerprint density at radius 1 is 1.28 bits per heavy atom. The first-order valence-corrected chi connectivity index (χ1v) is 11.2. The molecule has 7 nitrogen and oxygen atoms in total. The third kappa shape index (κ3) is 4.85. The lowest BCUT2D eigenvalue weighted by molar-refractivity contribution is -0.127. The Hall–Kier alpha value is -1.82. The maximum Gasteiger partial charge on any atom is 0.232 e. The maximum absolute atomic E-state index is 12.5. The first-order chi connectivity index (χ1) is 13.9. The van der Waals surface area contributed by atoms with Crippen molar-refractivity contribution in [2.45, 2.75) is 51.3 Å². The predicted octanol–water partition coefficient (Wildman–Crippen LogP) is 2.60. The van der Waals surface area contributed by atoms with Gasteiger partial charge >= 0.3 is 0 Å². The van der Waals surface area contributed by atoms with Gasteiger partial charge in [0.1, 0.15) is 16.9 Å². The number of ether oxygens (including phenoxy) is 2. The topological polar surface area (TPSA) is 78.7 Å². The summed E-state index contributed by atoms with van der Waals surface area (Å²) in [6.45, 7) is 12.7. The molecule has 0 aromatic carbocycles. The van der Waals surface area contributed by atoms with E-state index in [0.29, 0.717) is 49.9 Å². The average Bonchev–Trinajstić information content (AvgIpc) is 2.72. The molecule has 3 heterocycles. The van der Waals surface area contributed by atoms with Crippen LogP contribution >= 0.6 is 11.8 Å². The summed E-state index contributed by atoms with van der Waals surface area (Å²) in [6.07, 6.45) is 0.655. The van der Waals surface area contributed by atoms with E-state index in [9.17, 15) is 10.1 Å². The lowest BCUT2D eigenvalue weighted by atomic mass is 9.89. The van der Waals surface area contributed by atoms with Gasteiger partial charge in [0.25, 0.3) is 0 Å². The van der Waals surface area contributed by atoms with Gasteiger partial charge in [-0.05, 0) is 33.3 Å². The second kappa shape index (κ2) is 9.33. The molecule has 0 bridgehead atoms. The monoisotopic (exact) mass is 418 g/mol. The minimum Gasteiger partial charge on any atom is -0.378 e. The van der Waals surface area contributed by atoms with E-state index in [1.54, 1.807) is 4.90 Å². The summed E-state index contributed by atoms with van der Waals surface area (Å²) >= 11 is 1.37. The normalized spacial score (nSPS) is 18.1. The van der Waals surface area contributed by atoms with Crippen LogP contribution in [0.5, 0.6) is 0 Å². The molecule has 0 spiro atoms. The van der Waals surface area contributed by atoms with E-state index in [4.69, 9.17) is 14.5 Å². The van der Waals surface area contributed by atoms with E-state index in [1.165, 1.54) is 11.8 Å². The number of nitrogens with zero attached hydrogens (tertiary/aromatic N) is 4. The zero-order valence-corrected chi connectivity index (χ0v) is 18.6. The molecule has 158 valence electrons. The molecule has 1 aromatic heterocycles. The number of hydrogen-bond donors (Lipinski definition) is 0. The van der Waals surface area contributed by atoms with Crippen molar-refractivity contribution in [3.05, 3.63) is 16.7 Å². The number of amides is 1. The van der Waals surface area contributed by atoms with Gasteiger partial charge in [-0.3, -0.25) is 4.79 Å². The Kier molecular flexibility index (Phi) is 7.04. The largest absolute Gasteiger partial charge is 0.378 e. The second-order valence-electron chi connectivity index (χ2n) is 7.86. The molecule has 0 saturated carbocycles. The van der Waals surface area contributed by atoms with Crippen molar-refractivity contribution in [1.29, 1.82) is 5.26 Å². The minimum absolute atomic E-state index is 0.0694. The van der Waals surface area contributed by atoms with Crippen LogP contribution in [0, 0.1) is 11.3 Å². The smallest absolute Gasteiger partial charge is 0.232 e. The summed E-state index contributed by atoms with van der Waals surface area (Å²) < 4.78 is 11.5. The third-order valence-electron chi connectivity index (χ3n) is 5.44. The van der Waals surface area contributed by atoms with E-state index in [2.05, 4.69) is 11.0 Å². The fraction of sp³-hybridized carbons (Fsp3) is 0.667.